The second-order valence-corrected chi connectivity index (χ2v) is 12.7. The minimum atomic E-state index is -4.21. The van der Waals surface area contributed by atoms with E-state index in [4.69, 9.17) is 5.73 Å². The molecule has 1 atom stereocenters. The molecule has 1 saturated carbocycles. The van der Waals surface area contributed by atoms with E-state index < -0.39 is 33.8 Å². The lowest BCUT2D eigenvalue weighted by Crippen LogP contribution is -2.56. The lowest BCUT2D eigenvalue weighted by atomic mass is 9.92. The van der Waals surface area contributed by atoms with Crippen LogP contribution in [-0.2, 0) is 27.3 Å². The molecule has 2 aliphatic rings. The first kappa shape index (κ1) is 27.2. The summed E-state index contributed by atoms with van der Waals surface area (Å²) in [7, 11) is -2.56. The molecule has 12 heteroatoms. The minimum Gasteiger partial charge on any atom is -0.350 e. The number of nitrogens with two attached hydrogens (primary N) is 1. The number of halogens is 1. The zero-order chi connectivity index (χ0) is 27.1. The third-order valence-corrected chi connectivity index (χ3v) is 8.90. The molecule has 4 rings (SSSR count). The molecule has 1 aromatic heterocycles. The molecule has 1 aliphatic carbocycles. The van der Waals surface area contributed by atoms with Gasteiger partial charge in [-0.05, 0) is 56.0 Å². The van der Waals surface area contributed by atoms with E-state index in [0.717, 1.165) is 41.4 Å². The first-order valence-corrected chi connectivity index (χ1v) is 13.9. The molecule has 1 aromatic carbocycles. The van der Waals surface area contributed by atoms with Crippen LogP contribution in [0.1, 0.15) is 62.6 Å². The van der Waals surface area contributed by atoms with Crippen molar-refractivity contribution in [2.45, 2.75) is 75.0 Å². The molecule has 2 heterocycles. The van der Waals surface area contributed by atoms with Crippen molar-refractivity contribution in [3.8, 4) is 0 Å². The van der Waals surface area contributed by atoms with Crippen molar-refractivity contribution in [2.75, 3.05) is 13.1 Å². The van der Waals surface area contributed by atoms with Gasteiger partial charge in [0.15, 0.2) is 6.17 Å². The number of carbonyl (C=O) groups is 2. The molecule has 3 N–H and O–H groups in total. The van der Waals surface area contributed by atoms with Gasteiger partial charge in [0.05, 0.1) is 10.6 Å². The van der Waals surface area contributed by atoms with Crippen molar-refractivity contribution in [3.63, 3.8) is 0 Å². The standard InChI is InChI=1S/C25H35FN6O4S/c1-25(2,3)21-15-20(30(4)29-21)24(34)31-13-14-32(37(35,36)19-11-5-16(26)6-12-19)23(31)22(33)28-18-9-7-17(27)8-10-18/h5-6,11-12,15,17-18,23H,7-10,13-14,27H2,1-4H3,(H,28,33). The monoisotopic (exact) mass is 534 g/mol. The van der Waals surface area contributed by atoms with Crippen molar-refractivity contribution < 1.29 is 22.4 Å². The van der Waals surface area contributed by atoms with Crippen LogP contribution < -0.4 is 11.1 Å². The van der Waals surface area contributed by atoms with E-state index >= 15 is 0 Å². The summed E-state index contributed by atoms with van der Waals surface area (Å²) in [6, 6.07) is 6.01. The van der Waals surface area contributed by atoms with Gasteiger partial charge < -0.3 is 16.0 Å². The summed E-state index contributed by atoms with van der Waals surface area (Å²) >= 11 is 0. The number of sulfonamides is 1. The van der Waals surface area contributed by atoms with Crippen LogP contribution in [0.4, 0.5) is 4.39 Å². The third-order valence-electron chi connectivity index (χ3n) is 7.03. The van der Waals surface area contributed by atoms with Crippen LogP contribution in [0.15, 0.2) is 35.2 Å². The fourth-order valence-electron chi connectivity index (χ4n) is 4.81. The fourth-order valence-corrected chi connectivity index (χ4v) is 6.35. The van der Waals surface area contributed by atoms with Gasteiger partial charge in [-0.2, -0.15) is 9.40 Å². The number of carbonyl (C=O) groups excluding carboxylic acids is 2. The normalized spacial score (nSPS) is 23.3. The molecular weight excluding hydrogens is 499 g/mol. The van der Waals surface area contributed by atoms with Crippen molar-refractivity contribution in [1.29, 1.82) is 0 Å². The number of amides is 2. The topological polar surface area (TPSA) is 131 Å². The number of hydrogen-bond donors (Lipinski definition) is 2. The van der Waals surface area contributed by atoms with Gasteiger partial charge in [0.25, 0.3) is 11.8 Å². The lowest BCUT2D eigenvalue weighted by Gasteiger charge is -2.32. The Hall–Kier alpha value is -2.83. The van der Waals surface area contributed by atoms with Crippen LogP contribution in [0.5, 0.6) is 0 Å². The Morgan fingerprint density at radius 2 is 1.70 bits per heavy atom. The molecule has 2 fully saturated rings. The Labute approximate surface area is 217 Å². The largest absolute Gasteiger partial charge is 0.350 e. The molecule has 37 heavy (non-hydrogen) atoms. The average Bonchev–Trinajstić information content (AvgIpc) is 3.45. The summed E-state index contributed by atoms with van der Waals surface area (Å²) in [6.45, 7) is 5.86. The second kappa shape index (κ2) is 10.1. The highest BCUT2D eigenvalue weighted by Gasteiger charge is 2.47. The van der Waals surface area contributed by atoms with Crippen LogP contribution in [0.2, 0.25) is 0 Å². The van der Waals surface area contributed by atoms with Gasteiger partial charge in [-0.1, -0.05) is 20.8 Å². The van der Waals surface area contributed by atoms with E-state index in [1.54, 1.807) is 13.1 Å². The van der Waals surface area contributed by atoms with Gasteiger partial charge in [-0.25, -0.2) is 12.8 Å². The van der Waals surface area contributed by atoms with Crippen molar-refractivity contribution in [3.05, 3.63) is 47.5 Å². The van der Waals surface area contributed by atoms with Crippen molar-refractivity contribution in [2.24, 2.45) is 12.8 Å². The molecule has 0 radical (unpaired) electrons. The molecule has 1 aliphatic heterocycles. The molecule has 0 bridgehead atoms. The molecule has 202 valence electrons. The summed E-state index contributed by atoms with van der Waals surface area (Å²) in [5.41, 5.74) is 6.64. The van der Waals surface area contributed by atoms with Crippen LogP contribution in [0.25, 0.3) is 0 Å². The Morgan fingerprint density at radius 1 is 1.08 bits per heavy atom. The number of rotatable bonds is 5. The van der Waals surface area contributed by atoms with Crippen LogP contribution in [0, 0.1) is 5.82 Å². The first-order valence-electron chi connectivity index (χ1n) is 12.5. The summed E-state index contributed by atoms with van der Waals surface area (Å²) in [5.74, 6) is -1.64. The van der Waals surface area contributed by atoms with Gasteiger partial charge in [-0.15, -0.1) is 0 Å². The van der Waals surface area contributed by atoms with Crippen molar-refractivity contribution >= 4 is 21.8 Å². The first-order chi connectivity index (χ1) is 17.3. The van der Waals surface area contributed by atoms with E-state index in [2.05, 4.69) is 10.4 Å². The average molecular weight is 535 g/mol. The Morgan fingerprint density at radius 3 is 2.27 bits per heavy atom. The fraction of sp³-hybridized carbons (Fsp3) is 0.560. The SMILES string of the molecule is Cn1nc(C(C)(C)C)cc1C(=O)N1CCN(S(=O)(=O)c2ccc(F)cc2)C1C(=O)NC1CCC(N)CC1. The van der Waals surface area contributed by atoms with Gasteiger partial charge in [0.2, 0.25) is 10.0 Å². The number of aryl methyl sites for hydroxylation is 1. The zero-order valence-electron chi connectivity index (χ0n) is 21.6. The highest BCUT2D eigenvalue weighted by molar-refractivity contribution is 7.89. The highest BCUT2D eigenvalue weighted by atomic mass is 32.2. The highest BCUT2D eigenvalue weighted by Crippen LogP contribution is 2.28. The van der Waals surface area contributed by atoms with E-state index in [9.17, 15) is 22.4 Å². The maximum Gasteiger partial charge on any atom is 0.273 e. The van der Waals surface area contributed by atoms with Crippen LogP contribution >= 0.6 is 0 Å². The quantitative estimate of drug-likeness (QED) is 0.601. The summed E-state index contributed by atoms with van der Waals surface area (Å²) in [4.78, 5) is 28.4. The minimum absolute atomic E-state index is 0.0168. The number of benzene rings is 1. The molecule has 2 amide bonds. The lowest BCUT2D eigenvalue weighted by molar-refractivity contribution is -0.128. The number of nitrogens with one attached hydrogen (secondary N) is 1. The predicted octanol–water partition coefficient (Wildman–Crippen LogP) is 1.72. The van der Waals surface area contributed by atoms with Gasteiger partial charge in [0.1, 0.15) is 11.5 Å². The Bertz CT molecular complexity index is 1260. The molecular formula is C25H35FN6O4S. The van der Waals surface area contributed by atoms with Gasteiger partial charge in [0, 0.05) is 37.6 Å². The molecule has 1 saturated heterocycles. The van der Waals surface area contributed by atoms with E-state index in [-0.39, 0.29) is 41.2 Å². The molecule has 1 unspecified atom stereocenters. The zero-order valence-corrected chi connectivity index (χ0v) is 22.5. The summed E-state index contributed by atoms with van der Waals surface area (Å²) in [5, 5.41) is 7.41. The van der Waals surface area contributed by atoms with Crippen LogP contribution in [0.3, 0.4) is 0 Å². The summed E-state index contributed by atoms with van der Waals surface area (Å²) < 4.78 is 43.1. The van der Waals surface area contributed by atoms with Crippen molar-refractivity contribution in [1.82, 2.24) is 24.3 Å². The molecule has 10 nitrogen and oxygen atoms in total. The number of hydrogen-bond acceptors (Lipinski definition) is 6. The Kier molecular flexibility index (Phi) is 7.46. The third kappa shape index (κ3) is 5.55. The van der Waals surface area contributed by atoms with Crippen LogP contribution in [-0.4, -0.2) is 70.6 Å². The van der Waals surface area contributed by atoms with E-state index in [0.29, 0.717) is 18.5 Å². The summed E-state index contributed by atoms with van der Waals surface area (Å²) in [6.07, 6.45) is 1.45. The second-order valence-electron chi connectivity index (χ2n) is 10.9. The van der Waals surface area contributed by atoms with Gasteiger partial charge in [-0.3, -0.25) is 14.3 Å². The maximum absolute atomic E-state index is 13.7. The maximum atomic E-state index is 13.7. The van der Waals surface area contributed by atoms with Gasteiger partial charge >= 0.3 is 0 Å². The van der Waals surface area contributed by atoms with E-state index in [1.807, 2.05) is 20.8 Å². The Balaban J connectivity index is 1.68. The molecule has 0 spiro atoms. The smallest absolute Gasteiger partial charge is 0.273 e. The van der Waals surface area contributed by atoms with E-state index in [1.165, 1.54) is 9.58 Å². The predicted molar refractivity (Wildman–Crippen MR) is 135 cm³/mol. The molecule has 2 aromatic rings. The number of aromatic nitrogens is 2. The number of nitrogens with zero attached hydrogens (tertiary/aromatic N) is 4.